The summed E-state index contributed by atoms with van der Waals surface area (Å²) in [6, 6.07) is 7.70. The van der Waals surface area contributed by atoms with Gasteiger partial charge in [-0.25, -0.2) is 8.42 Å². The van der Waals surface area contributed by atoms with Gasteiger partial charge in [0.05, 0.1) is 19.0 Å². The number of sulfone groups is 1. The van der Waals surface area contributed by atoms with E-state index >= 15 is 0 Å². The lowest BCUT2D eigenvalue weighted by Gasteiger charge is -2.05. The molecule has 0 bridgehead atoms. The zero-order valence-electron chi connectivity index (χ0n) is 8.44. The molecule has 1 aromatic rings. The lowest BCUT2D eigenvalue weighted by atomic mass is 10.2. The molecule has 0 radical (unpaired) electrons. The Hall–Kier alpha value is -0.390. The fourth-order valence-electron chi connectivity index (χ4n) is 1.01. The summed E-state index contributed by atoms with van der Waals surface area (Å²) >= 11 is 3.39. The van der Waals surface area contributed by atoms with Gasteiger partial charge in [0, 0.05) is 10.7 Å². The SMILES string of the molecule is CS(=O)(=O)CCOCc1ccccc1Br. The Bertz CT molecular complexity index is 414. The van der Waals surface area contributed by atoms with Crippen LogP contribution in [-0.4, -0.2) is 27.0 Å². The summed E-state index contributed by atoms with van der Waals surface area (Å²) in [5.41, 5.74) is 1.02. The second-order valence-electron chi connectivity index (χ2n) is 3.27. The quantitative estimate of drug-likeness (QED) is 0.780. The van der Waals surface area contributed by atoms with E-state index < -0.39 is 9.84 Å². The molecule has 3 nitrogen and oxygen atoms in total. The highest BCUT2D eigenvalue weighted by Crippen LogP contribution is 2.16. The molecule has 0 saturated heterocycles. The topological polar surface area (TPSA) is 43.4 Å². The predicted octanol–water partition coefficient (Wildman–Crippen LogP) is 2.01. The first-order chi connectivity index (χ1) is 6.99. The molecule has 0 saturated carbocycles. The minimum absolute atomic E-state index is 0.0669. The molecule has 0 fully saturated rings. The standard InChI is InChI=1S/C10H13BrO3S/c1-15(12,13)7-6-14-8-9-4-2-3-5-10(9)11/h2-5H,6-8H2,1H3. The van der Waals surface area contributed by atoms with Gasteiger partial charge in [0.15, 0.2) is 0 Å². The number of halogens is 1. The first-order valence-corrected chi connectivity index (χ1v) is 7.33. The van der Waals surface area contributed by atoms with Crippen LogP contribution in [0.5, 0.6) is 0 Å². The lowest BCUT2D eigenvalue weighted by molar-refractivity contribution is 0.135. The van der Waals surface area contributed by atoms with Crippen LogP contribution in [0.1, 0.15) is 5.56 Å². The van der Waals surface area contributed by atoms with Gasteiger partial charge in [0.2, 0.25) is 0 Å². The largest absolute Gasteiger partial charge is 0.376 e. The third-order valence-corrected chi connectivity index (χ3v) is 3.50. The highest BCUT2D eigenvalue weighted by atomic mass is 79.9. The van der Waals surface area contributed by atoms with Gasteiger partial charge in [0.1, 0.15) is 9.84 Å². The normalized spacial score (nSPS) is 11.6. The van der Waals surface area contributed by atoms with Crippen LogP contribution in [-0.2, 0) is 21.2 Å². The van der Waals surface area contributed by atoms with E-state index in [1.807, 2.05) is 24.3 Å². The Labute approximate surface area is 98.5 Å². The summed E-state index contributed by atoms with van der Waals surface area (Å²) in [4.78, 5) is 0. The van der Waals surface area contributed by atoms with E-state index in [0.29, 0.717) is 6.61 Å². The van der Waals surface area contributed by atoms with Gasteiger partial charge in [-0.05, 0) is 11.6 Å². The zero-order chi connectivity index (χ0) is 11.3. The van der Waals surface area contributed by atoms with Crippen molar-refractivity contribution in [1.82, 2.24) is 0 Å². The molecule has 5 heteroatoms. The molecule has 0 unspecified atom stereocenters. The summed E-state index contributed by atoms with van der Waals surface area (Å²) in [6.07, 6.45) is 1.20. The minimum atomic E-state index is -2.93. The Balaban J connectivity index is 2.36. The van der Waals surface area contributed by atoms with Crippen LogP contribution in [0.2, 0.25) is 0 Å². The van der Waals surface area contributed by atoms with Gasteiger partial charge in [-0.3, -0.25) is 0 Å². The van der Waals surface area contributed by atoms with E-state index in [0.717, 1.165) is 10.0 Å². The number of benzene rings is 1. The van der Waals surface area contributed by atoms with Crippen LogP contribution in [0.25, 0.3) is 0 Å². The summed E-state index contributed by atoms with van der Waals surface area (Å²) in [7, 11) is -2.93. The molecule has 0 aromatic heterocycles. The predicted molar refractivity (Wildman–Crippen MR) is 63.5 cm³/mol. The van der Waals surface area contributed by atoms with Gasteiger partial charge in [0.25, 0.3) is 0 Å². The van der Waals surface area contributed by atoms with Gasteiger partial charge in [-0.2, -0.15) is 0 Å². The Morgan fingerprint density at radius 3 is 2.60 bits per heavy atom. The van der Waals surface area contributed by atoms with Crippen LogP contribution in [0.3, 0.4) is 0 Å². The van der Waals surface area contributed by atoms with Crippen LogP contribution >= 0.6 is 15.9 Å². The number of ether oxygens (including phenoxy) is 1. The third kappa shape index (κ3) is 5.30. The van der Waals surface area contributed by atoms with E-state index in [4.69, 9.17) is 4.74 Å². The molecule has 0 N–H and O–H groups in total. The first-order valence-electron chi connectivity index (χ1n) is 4.48. The second kappa shape index (κ2) is 5.63. The molecule has 0 atom stereocenters. The molecule has 0 aliphatic rings. The maximum absolute atomic E-state index is 10.8. The molecular formula is C10H13BrO3S. The monoisotopic (exact) mass is 292 g/mol. The van der Waals surface area contributed by atoms with E-state index in [1.165, 1.54) is 6.26 Å². The molecule has 0 spiro atoms. The van der Waals surface area contributed by atoms with Crippen LogP contribution in [0.4, 0.5) is 0 Å². The van der Waals surface area contributed by atoms with E-state index in [9.17, 15) is 8.42 Å². The fourth-order valence-corrected chi connectivity index (χ4v) is 1.83. The molecule has 84 valence electrons. The molecule has 1 rings (SSSR count). The average Bonchev–Trinajstić information content (AvgIpc) is 2.13. The lowest BCUT2D eigenvalue weighted by Crippen LogP contribution is -2.10. The van der Waals surface area contributed by atoms with Crippen molar-refractivity contribution < 1.29 is 13.2 Å². The Morgan fingerprint density at radius 2 is 2.00 bits per heavy atom. The van der Waals surface area contributed by atoms with Crippen LogP contribution in [0, 0.1) is 0 Å². The van der Waals surface area contributed by atoms with Gasteiger partial charge in [-0.15, -0.1) is 0 Å². The van der Waals surface area contributed by atoms with E-state index in [1.54, 1.807) is 0 Å². The molecule has 0 amide bonds. The third-order valence-electron chi connectivity index (χ3n) is 1.81. The second-order valence-corrected chi connectivity index (χ2v) is 6.39. The van der Waals surface area contributed by atoms with Crippen molar-refractivity contribution in [1.29, 1.82) is 0 Å². The fraction of sp³-hybridized carbons (Fsp3) is 0.400. The molecular weight excluding hydrogens is 280 g/mol. The van der Waals surface area contributed by atoms with Crippen LogP contribution in [0.15, 0.2) is 28.7 Å². The number of hydrogen-bond donors (Lipinski definition) is 0. The molecule has 15 heavy (non-hydrogen) atoms. The maximum Gasteiger partial charge on any atom is 0.149 e. The number of rotatable bonds is 5. The van der Waals surface area contributed by atoms with Crippen molar-refractivity contribution >= 4 is 25.8 Å². The summed E-state index contributed by atoms with van der Waals surface area (Å²) in [5, 5.41) is 0. The average molecular weight is 293 g/mol. The Kier molecular flexibility index (Phi) is 4.76. The molecule has 1 aromatic carbocycles. The van der Waals surface area contributed by atoms with E-state index in [-0.39, 0.29) is 12.4 Å². The first kappa shape index (κ1) is 12.7. The van der Waals surface area contributed by atoms with Crippen molar-refractivity contribution in [3.63, 3.8) is 0 Å². The highest BCUT2D eigenvalue weighted by Gasteiger charge is 2.02. The van der Waals surface area contributed by atoms with Gasteiger partial charge >= 0.3 is 0 Å². The van der Waals surface area contributed by atoms with Crippen molar-refractivity contribution in [3.8, 4) is 0 Å². The van der Waals surface area contributed by atoms with Crippen molar-refractivity contribution in [3.05, 3.63) is 34.3 Å². The summed E-state index contributed by atoms with van der Waals surface area (Å²) < 4.78 is 27.9. The van der Waals surface area contributed by atoms with Crippen molar-refractivity contribution in [2.24, 2.45) is 0 Å². The maximum atomic E-state index is 10.8. The molecule has 0 aliphatic heterocycles. The van der Waals surface area contributed by atoms with Crippen molar-refractivity contribution in [2.75, 3.05) is 18.6 Å². The molecule has 0 heterocycles. The van der Waals surface area contributed by atoms with Gasteiger partial charge < -0.3 is 4.74 Å². The zero-order valence-corrected chi connectivity index (χ0v) is 10.8. The summed E-state index contributed by atoms with van der Waals surface area (Å²) in [5.74, 6) is 0.0669. The summed E-state index contributed by atoms with van der Waals surface area (Å²) in [6.45, 7) is 0.664. The van der Waals surface area contributed by atoms with Crippen LogP contribution < -0.4 is 0 Å². The minimum Gasteiger partial charge on any atom is -0.376 e. The number of hydrogen-bond acceptors (Lipinski definition) is 3. The van der Waals surface area contributed by atoms with Gasteiger partial charge in [-0.1, -0.05) is 34.1 Å². The molecule has 0 aliphatic carbocycles. The van der Waals surface area contributed by atoms with Crippen molar-refractivity contribution in [2.45, 2.75) is 6.61 Å². The Morgan fingerprint density at radius 1 is 1.33 bits per heavy atom. The smallest absolute Gasteiger partial charge is 0.149 e. The van der Waals surface area contributed by atoms with E-state index in [2.05, 4.69) is 15.9 Å². The highest BCUT2D eigenvalue weighted by molar-refractivity contribution is 9.10.